The Balaban J connectivity index is 2.66. The Kier molecular flexibility index (Phi) is 8.72. The third-order valence-corrected chi connectivity index (χ3v) is 9.61. The van der Waals surface area contributed by atoms with Crippen LogP contribution in [-0.4, -0.2) is 32.2 Å². The molecule has 1 aliphatic heterocycles. The van der Waals surface area contributed by atoms with Crippen LogP contribution >= 0.6 is 0 Å². The lowest BCUT2D eigenvalue weighted by atomic mass is 10.1. The number of likely N-dealkylation sites (tertiary alicyclic amines) is 1. The molecule has 0 aromatic carbocycles. The summed E-state index contributed by atoms with van der Waals surface area (Å²) in [6, 6.07) is 2.98. The van der Waals surface area contributed by atoms with Crippen LogP contribution in [0, 0.1) is 0 Å². The van der Waals surface area contributed by atoms with Gasteiger partial charge in [0.15, 0.2) is 0 Å². The van der Waals surface area contributed by atoms with Crippen molar-refractivity contribution in [1.29, 1.82) is 0 Å². The SMILES string of the molecule is CC=C[Si](CCC)(CCC)CN1CCCCCCC1. The smallest absolute Gasteiger partial charge is 0.0917 e. The lowest BCUT2D eigenvalue weighted by molar-refractivity contribution is 0.278. The van der Waals surface area contributed by atoms with Crippen LogP contribution in [0.25, 0.3) is 0 Å². The summed E-state index contributed by atoms with van der Waals surface area (Å²) in [5.41, 5.74) is 2.65. The van der Waals surface area contributed by atoms with Gasteiger partial charge < -0.3 is 4.90 Å². The fourth-order valence-electron chi connectivity index (χ4n) is 3.77. The average molecular weight is 282 g/mol. The summed E-state index contributed by atoms with van der Waals surface area (Å²) in [6.45, 7) is 9.68. The maximum atomic E-state index is 2.82. The molecule has 0 radical (unpaired) electrons. The molecule has 112 valence electrons. The van der Waals surface area contributed by atoms with Crippen molar-refractivity contribution < 1.29 is 0 Å². The van der Waals surface area contributed by atoms with E-state index in [1.54, 1.807) is 0 Å². The van der Waals surface area contributed by atoms with Crippen LogP contribution in [0.4, 0.5) is 0 Å². The van der Waals surface area contributed by atoms with Crippen LogP contribution < -0.4 is 0 Å². The van der Waals surface area contributed by atoms with Crippen molar-refractivity contribution in [3.63, 3.8) is 0 Å². The van der Waals surface area contributed by atoms with Crippen LogP contribution in [0.15, 0.2) is 11.8 Å². The summed E-state index contributed by atoms with van der Waals surface area (Å²) in [7, 11) is -1.18. The number of hydrogen-bond acceptors (Lipinski definition) is 1. The molecule has 1 saturated heterocycles. The monoisotopic (exact) mass is 281 g/mol. The second-order valence-electron chi connectivity index (χ2n) is 6.41. The lowest BCUT2D eigenvalue weighted by Crippen LogP contribution is -2.47. The number of rotatable bonds is 7. The van der Waals surface area contributed by atoms with Crippen LogP contribution in [0.3, 0.4) is 0 Å². The van der Waals surface area contributed by atoms with Crippen LogP contribution in [0.5, 0.6) is 0 Å². The zero-order chi connectivity index (χ0) is 14.0. The van der Waals surface area contributed by atoms with Gasteiger partial charge in [-0.2, -0.15) is 0 Å². The predicted molar refractivity (Wildman–Crippen MR) is 90.3 cm³/mol. The van der Waals surface area contributed by atoms with E-state index in [-0.39, 0.29) is 0 Å². The Hall–Kier alpha value is -0.0831. The summed E-state index contributed by atoms with van der Waals surface area (Å²) in [5.74, 6) is 0. The van der Waals surface area contributed by atoms with Crippen molar-refractivity contribution in [1.82, 2.24) is 4.90 Å². The molecule has 1 nitrogen and oxygen atoms in total. The molecule has 1 heterocycles. The van der Waals surface area contributed by atoms with E-state index >= 15 is 0 Å². The molecule has 0 aliphatic carbocycles. The molecule has 2 heteroatoms. The first-order valence-corrected chi connectivity index (χ1v) is 11.3. The quantitative estimate of drug-likeness (QED) is 0.581. The van der Waals surface area contributed by atoms with Gasteiger partial charge >= 0.3 is 0 Å². The fourth-order valence-corrected chi connectivity index (χ4v) is 8.68. The molecule has 19 heavy (non-hydrogen) atoms. The molecule has 0 unspecified atom stereocenters. The molecule has 1 rings (SSSR count). The maximum Gasteiger partial charge on any atom is 0.0917 e. The molecule has 0 atom stereocenters. The molecule has 0 aromatic heterocycles. The van der Waals surface area contributed by atoms with E-state index in [9.17, 15) is 0 Å². The van der Waals surface area contributed by atoms with Gasteiger partial charge in [-0.1, -0.05) is 69.8 Å². The van der Waals surface area contributed by atoms with E-state index < -0.39 is 8.07 Å². The van der Waals surface area contributed by atoms with Gasteiger partial charge in [-0.15, -0.1) is 0 Å². The Labute approximate surface area is 122 Å². The minimum absolute atomic E-state index is 1.18. The van der Waals surface area contributed by atoms with Crippen LogP contribution in [0.2, 0.25) is 12.1 Å². The molecular weight excluding hydrogens is 246 g/mol. The normalized spacial score (nSPS) is 19.5. The first-order valence-electron chi connectivity index (χ1n) is 8.62. The second kappa shape index (κ2) is 9.76. The average Bonchev–Trinajstić information content (AvgIpc) is 2.33. The Morgan fingerprint density at radius 2 is 1.42 bits per heavy atom. The van der Waals surface area contributed by atoms with Gasteiger partial charge in [-0.05, 0) is 39.0 Å². The predicted octanol–water partition coefficient (Wildman–Crippen LogP) is 5.18. The highest BCUT2D eigenvalue weighted by molar-refractivity contribution is 6.84. The maximum absolute atomic E-state index is 2.82. The summed E-state index contributed by atoms with van der Waals surface area (Å²) in [4.78, 5) is 2.82. The first kappa shape index (κ1) is 17.0. The minimum atomic E-state index is -1.18. The van der Waals surface area contributed by atoms with Gasteiger partial charge in [0.05, 0.1) is 8.07 Å². The Morgan fingerprint density at radius 3 is 1.89 bits per heavy atom. The molecule has 0 saturated carbocycles. The van der Waals surface area contributed by atoms with Gasteiger partial charge in [-0.3, -0.25) is 0 Å². The highest BCUT2D eigenvalue weighted by Crippen LogP contribution is 2.24. The van der Waals surface area contributed by atoms with Gasteiger partial charge in [0, 0.05) is 0 Å². The van der Waals surface area contributed by atoms with Crippen molar-refractivity contribution in [3.8, 4) is 0 Å². The molecule has 0 bridgehead atoms. The zero-order valence-corrected chi connectivity index (χ0v) is 14.6. The van der Waals surface area contributed by atoms with Crippen molar-refractivity contribution in [2.75, 3.05) is 19.3 Å². The zero-order valence-electron chi connectivity index (χ0n) is 13.6. The van der Waals surface area contributed by atoms with E-state index in [1.807, 2.05) is 0 Å². The molecular formula is C17H35NSi. The van der Waals surface area contributed by atoms with Gasteiger partial charge in [-0.25, -0.2) is 0 Å². The largest absolute Gasteiger partial charge is 0.306 e. The Morgan fingerprint density at radius 1 is 0.895 bits per heavy atom. The fraction of sp³-hybridized carbons (Fsp3) is 0.882. The van der Waals surface area contributed by atoms with Gasteiger partial charge in [0.1, 0.15) is 0 Å². The van der Waals surface area contributed by atoms with Gasteiger partial charge in [0.2, 0.25) is 0 Å². The molecule has 0 amide bonds. The second-order valence-corrected chi connectivity index (χ2v) is 10.8. The Bertz CT molecular complexity index is 236. The highest BCUT2D eigenvalue weighted by Gasteiger charge is 2.30. The van der Waals surface area contributed by atoms with E-state index in [0.29, 0.717) is 0 Å². The van der Waals surface area contributed by atoms with Crippen molar-refractivity contribution in [2.45, 2.75) is 77.8 Å². The number of nitrogens with zero attached hydrogens (tertiary/aromatic N) is 1. The summed E-state index contributed by atoms with van der Waals surface area (Å²) < 4.78 is 0. The molecule has 0 N–H and O–H groups in total. The molecule has 0 aromatic rings. The van der Waals surface area contributed by atoms with Crippen molar-refractivity contribution >= 4 is 8.07 Å². The highest BCUT2D eigenvalue weighted by atomic mass is 28.3. The summed E-state index contributed by atoms with van der Waals surface area (Å²) in [5, 5.41) is 0. The van der Waals surface area contributed by atoms with Crippen molar-refractivity contribution in [3.05, 3.63) is 11.8 Å². The molecule has 1 fully saturated rings. The first-order chi connectivity index (χ1) is 9.26. The molecule has 0 spiro atoms. The third kappa shape index (κ3) is 6.27. The molecule has 1 aliphatic rings. The third-order valence-electron chi connectivity index (χ3n) is 4.50. The van der Waals surface area contributed by atoms with Crippen LogP contribution in [-0.2, 0) is 0 Å². The van der Waals surface area contributed by atoms with Crippen LogP contribution in [0.1, 0.15) is 65.7 Å². The number of hydrogen-bond donors (Lipinski definition) is 0. The van der Waals surface area contributed by atoms with E-state index in [1.165, 1.54) is 76.3 Å². The topological polar surface area (TPSA) is 3.24 Å². The summed E-state index contributed by atoms with van der Waals surface area (Å²) in [6.07, 6.45) is 13.7. The standard InChI is InChI=1S/C17H35NSi/c1-4-14-19(15-5-2,16-6-3)17-18-12-10-8-7-9-11-13-18/h4,14H,5-13,15-17H2,1-3H3. The minimum Gasteiger partial charge on any atom is -0.306 e. The van der Waals surface area contributed by atoms with Gasteiger partial charge in [0.25, 0.3) is 0 Å². The van der Waals surface area contributed by atoms with E-state index in [4.69, 9.17) is 0 Å². The van der Waals surface area contributed by atoms with Crippen molar-refractivity contribution in [2.24, 2.45) is 0 Å². The van der Waals surface area contributed by atoms with E-state index in [2.05, 4.69) is 37.4 Å². The van der Waals surface area contributed by atoms with E-state index in [0.717, 1.165) is 0 Å². The number of allylic oxidation sites excluding steroid dienone is 1. The lowest BCUT2D eigenvalue weighted by Gasteiger charge is -2.35. The summed E-state index contributed by atoms with van der Waals surface area (Å²) >= 11 is 0.